The number of benzene rings is 2. The van der Waals surface area contributed by atoms with E-state index in [4.69, 9.17) is 0 Å². The molecule has 0 aliphatic carbocycles. The molecule has 2 aromatic carbocycles. The van der Waals surface area contributed by atoms with Crippen LogP contribution in [0.25, 0.3) is 0 Å². The summed E-state index contributed by atoms with van der Waals surface area (Å²) in [6, 6.07) is 13.8. The Morgan fingerprint density at radius 1 is 0.889 bits per heavy atom. The van der Waals surface area contributed by atoms with Crippen molar-refractivity contribution in [2.45, 2.75) is 19.8 Å². The van der Waals surface area contributed by atoms with Gasteiger partial charge in [0.25, 0.3) is 11.8 Å². The minimum atomic E-state index is -0.239. The van der Waals surface area contributed by atoms with Crippen molar-refractivity contribution in [3.63, 3.8) is 0 Å². The van der Waals surface area contributed by atoms with Gasteiger partial charge in [0.15, 0.2) is 0 Å². The molecule has 0 aromatic heterocycles. The highest BCUT2D eigenvalue weighted by Gasteiger charge is 2.09. The van der Waals surface area contributed by atoms with Crippen LogP contribution in [0.15, 0.2) is 53.0 Å². The highest BCUT2D eigenvalue weighted by Crippen LogP contribution is 2.15. The van der Waals surface area contributed by atoms with Crippen LogP contribution in [0, 0.1) is 0 Å². The summed E-state index contributed by atoms with van der Waals surface area (Å²) in [5.74, 6) is -0.490. The molecule has 3 N–H and O–H groups in total. The van der Waals surface area contributed by atoms with Crippen LogP contribution in [-0.2, 0) is 4.79 Å². The Balaban J connectivity index is 1.76. The second-order valence-electron chi connectivity index (χ2n) is 5.87. The molecule has 0 spiro atoms. The number of rotatable bonds is 8. The molecule has 0 saturated heterocycles. The number of halogens is 1. The Morgan fingerprint density at radius 3 is 2.15 bits per heavy atom. The smallest absolute Gasteiger partial charge is 0.252 e. The van der Waals surface area contributed by atoms with Gasteiger partial charge >= 0.3 is 0 Å². The lowest BCUT2D eigenvalue weighted by molar-refractivity contribution is -0.116. The summed E-state index contributed by atoms with van der Waals surface area (Å²) in [6.45, 7) is 2.56. The molecule has 27 heavy (non-hydrogen) atoms. The molecular weight excluding hydrogens is 410 g/mol. The van der Waals surface area contributed by atoms with Crippen molar-refractivity contribution < 1.29 is 14.4 Å². The topological polar surface area (TPSA) is 87.3 Å². The molecule has 2 aromatic rings. The Hall–Kier alpha value is -2.67. The third-order valence-electron chi connectivity index (χ3n) is 3.72. The maximum absolute atomic E-state index is 12.1. The zero-order valence-electron chi connectivity index (χ0n) is 15.0. The lowest BCUT2D eigenvalue weighted by atomic mass is 10.2. The number of anilines is 1. The maximum Gasteiger partial charge on any atom is 0.252 e. The zero-order chi connectivity index (χ0) is 19.6. The second-order valence-corrected chi connectivity index (χ2v) is 6.72. The highest BCUT2D eigenvalue weighted by molar-refractivity contribution is 9.10. The standard InChI is InChI=1S/C20H22BrN3O3/c1-2-5-18(25)24-15-10-8-14(9-11-15)19(26)22-12-13-23-20(27)16-6-3-4-7-17(16)21/h3-4,6-11H,2,5,12-13H2,1H3,(H,22,26)(H,23,27)(H,24,25). The quantitative estimate of drug-likeness (QED) is 0.560. The third kappa shape index (κ3) is 6.53. The van der Waals surface area contributed by atoms with Gasteiger partial charge in [0.1, 0.15) is 0 Å². The van der Waals surface area contributed by atoms with Crippen LogP contribution >= 0.6 is 15.9 Å². The first-order chi connectivity index (χ1) is 13.0. The predicted molar refractivity (Wildman–Crippen MR) is 109 cm³/mol. The maximum atomic E-state index is 12.1. The second kappa shape index (κ2) is 10.5. The van der Waals surface area contributed by atoms with Crippen LogP contribution < -0.4 is 16.0 Å². The van der Waals surface area contributed by atoms with Crippen LogP contribution in [0.1, 0.15) is 40.5 Å². The van der Waals surface area contributed by atoms with E-state index >= 15 is 0 Å². The molecule has 0 unspecified atom stereocenters. The van der Waals surface area contributed by atoms with E-state index in [1.54, 1.807) is 42.5 Å². The first kappa shape index (κ1) is 20.6. The summed E-state index contributed by atoms with van der Waals surface area (Å²) in [6.07, 6.45) is 1.25. The summed E-state index contributed by atoms with van der Waals surface area (Å²) in [7, 11) is 0. The number of hydrogen-bond acceptors (Lipinski definition) is 3. The molecule has 0 atom stereocenters. The lowest BCUT2D eigenvalue weighted by Gasteiger charge is -2.09. The van der Waals surface area contributed by atoms with Crippen LogP contribution in [0.4, 0.5) is 5.69 Å². The third-order valence-corrected chi connectivity index (χ3v) is 4.41. The van der Waals surface area contributed by atoms with Gasteiger partial charge in [-0.05, 0) is 58.7 Å². The predicted octanol–water partition coefficient (Wildman–Crippen LogP) is 3.35. The summed E-state index contributed by atoms with van der Waals surface area (Å²) in [5.41, 5.74) is 1.69. The van der Waals surface area contributed by atoms with Gasteiger partial charge in [-0.1, -0.05) is 19.1 Å². The Kier molecular flexibility index (Phi) is 8.00. The van der Waals surface area contributed by atoms with E-state index in [1.165, 1.54) is 0 Å². The van der Waals surface area contributed by atoms with Gasteiger partial charge in [-0.2, -0.15) is 0 Å². The zero-order valence-corrected chi connectivity index (χ0v) is 16.6. The molecule has 0 bridgehead atoms. The normalized spacial score (nSPS) is 10.1. The SMILES string of the molecule is CCCC(=O)Nc1ccc(C(=O)NCCNC(=O)c2ccccc2Br)cc1. The number of carbonyl (C=O) groups excluding carboxylic acids is 3. The molecule has 0 saturated carbocycles. The molecule has 2 rings (SSSR count). The van der Waals surface area contributed by atoms with Crippen molar-refractivity contribution in [3.8, 4) is 0 Å². The van der Waals surface area contributed by atoms with E-state index in [1.807, 2.05) is 13.0 Å². The first-order valence-corrected chi connectivity index (χ1v) is 9.51. The molecule has 0 aliphatic heterocycles. The minimum absolute atomic E-state index is 0.0458. The fraction of sp³-hybridized carbons (Fsp3) is 0.250. The number of nitrogens with one attached hydrogen (secondary N) is 3. The van der Waals surface area contributed by atoms with Crippen molar-refractivity contribution in [2.24, 2.45) is 0 Å². The molecule has 142 valence electrons. The van der Waals surface area contributed by atoms with Gasteiger partial charge in [-0.15, -0.1) is 0 Å². The highest BCUT2D eigenvalue weighted by atomic mass is 79.9. The van der Waals surface area contributed by atoms with E-state index < -0.39 is 0 Å². The Labute approximate surface area is 166 Å². The van der Waals surface area contributed by atoms with E-state index in [2.05, 4.69) is 31.9 Å². The molecular formula is C20H22BrN3O3. The molecule has 0 heterocycles. The van der Waals surface area contributed by atoms with Crippen LogP contribution in [0.5, 0.6) is 0 Å². The van der Waals surface area contributed by atoms with E-state index in [0.717, 1.165) is 10.9 Å². The van der Waals surface area contributed by atoms with Crippen molar-refractivity contribution in [2.75, 3.05) is 18.4 Å². The van der Waals surface area contributed by atoms with Crippen molar-refractivity contribution >= 4 is 39.3 Å². The molecule has 0 radical (unpaired) electrons. The molecule has 0 fully saturated rings. The Bertz CT molecular complexity index is 806. The van der Waals surface area contributed by atoms with E-state index in [-0.39, 0.29) is 17.7 Å². The molecule has 6 nitrogen and oxygen atoms in total. The van der Waals surface area contributed by atoms with Gasteiger partial charge in [0, 0.05) is 35.2 Å². The van der Waals surface area contributed by atoms with E-state index in [9.17, 15) is 14.4 Å². The molecule has 3 amide bonds. The van der Waals surface area contributed by atoms with Crippen molar-refractivity contribution in [1.29, 1.82) is 0 Å². The van der Waals surface area contributed by atoms with Gasteiger partial charge in [0.2, 0.25) is 5.91 Å². The van der Waals surface area contributed by atoms with Gasteiger partial charge in [-0.25, -0.2) is 0 Å². The van der Waals surface area contributed by atoms with Gasteiger partial charge < -0.3 is 16.0 Å². The van der Waals surface area contributed by atoms with Gasteiger partial charge in [-0.3, -0.25) is 14.4 Å². The van der Waals surface area contributed by atoms with Crippen LogP contribution in [-0.4, -0.2) is 30.8 Å². The first-order valence-electron chi connectivity index (χ1n) is 8.72. The summed E-state index contributed by atoms with van der Waals surface area (Å²) >= 11 is 3.33. The lowest BCUT2D eigenvalue weighted by Crippen LogP contribution is -2.34. The summed E-state index contributed by atoms with van der Waals surface area (Å²) < 4.78 is 0.720. The fourth-order valence-corrected chi connectivity index (χ4v) is 2.82. The van der Waals surface area contributed by atoms with Crippen molar-refractivity contribution in [1.82, 2.24) is 10.6 Å². The molecule has 0 aliphatic rings. The summed E-state index contributed by atoms with van der Waals surface area (Å²) in [4.78, 5) is 35.8. The van der Waals surface area contributed by atoms with Gasteiger partial charge in [0.05, 0.1) is 5.56 Å². The average molecular weight is 432 g/mol. The Morgan fingerprint density at radius 2 is 1.52 bits per heavy atom. The monoisotopic (exact) mass is 431 g/mol. The average Bonchev–Trinajstić information content (AvgIpc) is 2.66. The molecule has 7 heteroatoms. The number of hydrogen-bond donors (Lipinski definition) is 3. The van der Waals surface area contributed by atoms with Crippen LogP contribution in [0.3, 0.4) is 0 Å². The van der Waals surface area contributed by atoms with E-state index in [0.29, 0.717) is 36.3 Å². The number of carbonyl (C=O) groups is 3. The van der Waals surface area contributed by atoms with Crippen LogP contribution in [0.2, 0.25) is 0 Å². The largest absolute Gasteiger partial charge is 0.350 e. The van der Waals surface area contributed by atoms with Crippen molar-refractivity contribution in [3.05, 3.63) is 64.1 Å². The fourth-order valence-electron chi connectivity index (χ4n) is 2.35. The number of amides is 3. The summed E-state index contributed by atoms with van der Waals surface area (Å²) in [5, 5.41) is 8.28. The minimum Gasteiger partial charge on any atom is -0.350 e.